The van der Waals surface area contributed by atoms with Crippen LogP contribution in [-0.2, 0) is 22.7 Å². The van der Waals surface area contributed by atoms with E-state index in [4.69, 9.17) is 4.74 Å². The SMILES string of the molecule is O=C(C[C@@H]1CCN2C[C@@H]1CCCOc1ccccc1CN(Cc1ccsc1)CC2=O)N1CC[C@@H](O)C1. The van der Waals surface area contributed by atoms with E-state index in [1.165, 1.54) is 5.56 Å². The number of β-amino-alcohol motifs (C(OH)–C–C–N with tert-alkyl or cyclic N) is 1. The third-order valence-electron chi connectivity index (χ3n) is 7.89. The summed E-state index contributed by atoms with van der Waals surface area (Å²) in [7, 11) is 0. The standard InChI is InChI=1S/C28H37N3O4S/c32-25-8-11-31(18-25)27(33)14-22-7-10-30-17-23(22)5-3-12-35-26-6-2-1-4-24(26)16-29(19-28(30)34)15-21-9-13-36-20-21/h1-2,4,6,9,13,20,22-23,25,32H,3,5,7-8,10-12,14-19H2/t22-,23-,25+/m0/s1. The van der Waals surface area contributed by atoms with Gasteiger partial charge in [0.25, 0.3) is 0 Å². The molecule has 4 heterocycles. The van der Waals surface area contributed by atoms with Gasteiger partial charge in [0.1, 0.15) is 5.75 Å². The number of hydrogen-bond acceptors (Lipinski definition) is 6. The minimum atomic E-state index is -0.393. The summed E-state index contributed by atoms with van der Waals surface area (Å²) < 4.78 is 6.23. The molecule has 2 fully saturated rings. The zero-order chi connectivity index (χ0) is 24.9. The fourth-order valence-electron chi connectivity index (χ4n) is 5.87. The molecule has 2 amide bonds. The van der Waals surface area contributed by atoms with Crippen molar-refractivity contribution in [2.75, 3.05) is 39.3 Å². The number of ether oxygens (including phenoxy) is 1. The quantitative estimate of drug-likeness (QED) is 0.682. The molecule has 2 aromatic rings. The number of rotatable bonds is 4. The predicted molar refractivity (Wildman–Crippen MR) is 140 cm³/mol. The Morgan fingerprint density at radius 2 is 1.97 bits per heavy atom. The number of hydrogen-bond donors (Lipinski definition) is 1. The average Bonchev–Trinajstić information content (AvgIpc) is 3.55. The number of amides is 2. The van der Waals surface area contributed by atoms with Gasteiger partial charge in [-0.1, -0.05) is 18.2 Å². The van der Waals surface area contributed by atoms with Crippen molar-refractivity contribution in [3.05, 3.63) is 52.2 Å². The summed E-state index contributed by atoms with van der Waals surface area (Å²) in [5, 5.41) is 14.1. The maximum Gasteiger partial charge on any atom is 0.236 e. The van der Waals surface area contributed by atoms with E-state index >= 15 is 0 Å². The third-order valence-corrected chi connectivity index (χ3v) is 8.62. The van der Waals surface area contributed by atoms with E-state index in [2.05, 4.69) is 27.8 Å². The van der Waals surface area contributed by atoms with Crippen LogP contribution < -0.4 is 4.74 Å². The molecule has 1 aromatic heterocycles. The number of carbonyl (C=O) groups is 2. The van der Waals surface area contributed by atoms with Crippen molar-refractivity contribution in [1.29, 1.82) is 0 Å². The van der Waals surface area contributed by atoms with Crippen LogP contribution in [-0.4, -0.2) is 77.1 Å². The molecule has 3 atom stereocenters. The second kappa shape index (κ2) is 11.8. The first-order valence-corrected chi connectivity index (χ1v) is 14.2. The first-order valence-electron chi connectivity index (χ1n) is 13.2. The smallest absolute Gasteiger partial charge is 0.236 e. The topological polar surface area (TPSA) is 73.3 Å². The highest BCUT2D eigenvalue weighted by atomic mass is 32.1. The Kier molecular flexibility index (Phi) is 8.24. The second-order valence-electron chi connectivity index (χ2n) is 10.5. The molecule has 194 valence electrons. The maximum atomic E-state index is 13.5. The van der Waals surface area contributed by atoms with Gasteiger partial charge >= 0.3 is 0 Å². The zero-order valence-corrected chi connectivity index (χ0v) is 21.7. The lowest BCUT2D eigenvalue weighted by Gasteiger charge is -2.39. The van der Waals surface area contributed by atoms with Crippen LogP contribution in [0.2, 0.25) is 0 Å². The number of thiophene rings is 1. The van der Waals surface area contributed by atoms with Crippen molar-refractivity contribution in [3.63, 3.8) is 0 Å². The highest BCUT2D eigenvalue weighted by molar-refractivity contribution is 7.07. The summed E-state index contributed by atoms with van der Waals surface area (Å²) >= 11 is 1.68. The normalized spacial score (nSPS) is 25.9. The van der Waals surface area contributed by atoms with Crippen LogP contribution in [0.4, 0.5) is 0 Å². The Morgan fingerprint density at radius 3 is 2.78 bits per heavy atom. The first-order chi connectivity index (χ1) is 17.5. The van der Waals surface area contributed by atoms with E-state index in [0.29, 0.717) is 58.7 Å². The summed E-state index contributed by atoms with van der Waals surface area (Å²) in [5.41, 5.74) is 2.33. The van der Waals surface area contributed by atoms with Gasteiger partial charge in [-0.15, -0.1) is 0 Å². The van der Waals surface area contributed by atoms with E-state index < -0.39 is 6.10 Å². The van der Waals surface area contributed by atoms with Gasteiger partial charge < -0.3 is 19.6 Å². The van der Waals surface area contributed by atoms with E-state index in [1.807, 2.05) is 28.0 Å². The molecule has 5 rings (SSSR count). The lowest BCUT2D eigenvalue weighted by Crippen LogP contribution is -2.48. The summed E-state index contributed by atoms with van der Waals surface area (Å²) in [5.74, 6) is 1.75. The number of aliphatic hydroxyl groups is 1. The number of para-hydroxylation sites is 1. The van der Waals surface area contributed by atoms with Crippen molar-refractivity contribution in [2.45, 2.75) is 51.3 Å². The number of benzene rings is 1. The minimum Gasteiger partial charge on any atom is -0.493 e. The van der Waals surface area contributed by atoms with Crippen LogP contribution in [0.3, 0.4) is 0 Å². The highest BCUT2D eigenvalue weighted by Crippen LogP contribution is 2.32. The van der Waals surface area contributed by atoms with Gasteiger partial charge in [-0.25, -0.2) is 0 Å². The number of carbonyl (C=O) groups excluding carboxylic acids is 2. The maximum absolute atomic E-state index is 13.5. The second-order valence-corrected chi connectivity index (χ2v) is 11.3. The average molecular weight is 512 g/mol. The van der Waals surface area contributed by atoms with Gasteiger partial charge in [-0.2, -0.15) is 11.3 Å². The van der Waals surface area contributed by atoms with E-state index in [0.717, 1.165) is 37.1 Å². The molecule has 0 aliphatic carbocycles. The van der Waals surface area contributed by atoms with Crippen LogP contribution in [0, 0.1) is 11.8 Å². The Bertz CT molecular complexity index is 1030. The molecule has 0 radical (unpaired) electrons. The van der Waals surface area contributed by atoms with Gasteiger partial charge in [0.05, 0.1) is 19.3 Å². The zero-order valence-electron chi connectivity index (χ0n) is 20.9. The van der Waals surface area contributed by atoms with Crippen LogP contribution in [0.25, 0.3) is 0 Å². The van der Waals surface area contributed by atoms with Gasteiger partial charge in [0.15, 0.2) is 0 Å². The van der Waals surface area contributed by atoms with Crippen LogP contribution in [0.5, 0.6) is 5.75 Å². The summed E-state index contributed by atoms with van der Waals surface area (Å²) in [6.07, 6.45) is 3.47. The van der Waals surface area contributed by atoms with Crippen molar-refractivity contribution < 1.29 is 19.4 Å². The molecule has 1 aromatic carbocycles. The lowest BCUT2D eigenvalue weighted by atomic mass is 9.80. The van der Waals surface area contributed by atoms with Crippen molar-refractivity contribution in [3.8, 4) is 5.75 Å². The molecule has 0 saturated carbocycles. The monoisotopic (exact) mass is 511 g/mol. The van der Waals surface area contributed by atoms with E-state index in [9.17, 15) is 14.7 Å². The number of piperidine rings is 1. The van der Waals surface area contributed by atoms with Gasteiger partial charge in [0.2, 0.25) is 11.8 Å². The molecule has 7 nitrogen and oxygen atoms in total. The molecule has 8 heteroatoms. The number of nitrogens with zero attached hydrogens (tertiary/aromatic N) is 3. The summed E-state index contributed by atoms with van der Waals surface area (Å²) in [4.78, 5) is 32.5. The van der Waals surface area contributed by atoms with Gasteiger partial charge in [0, 0.05) is 51.3 Å². The highest BCUT2D eigenvalue weighted by Gasteiger charge is 2.35. The molecule has 3 aliphatic heterocycles. The lowest BCUT2D eigenvalue weighted by molar-refractivity contribution is -0.136. The molecule has 0 spiro atoms. The number of likely N-dealkylation sites (tertiary alicyclic amines) is 1. The molecule has 2 saturated heterocycles. The van der Waals surface area contributed by atoms with Crippen molar-refractivity contribution >= 4 is 23.2 Å². The molecule has 3 aliphatic rings. The summed E-state index contributed by atoms with van der Waals surface area (Å²) in [6.45, 7) is 4.89. The van der Waals surface area contributed by atoms with E-state index in [1.54, 1.807) is 11.3 Å². The molecule has 0 unspecified atom stereocenters. The molecule has 36 heavy (non-hydrogen) atoms. The fourth-order valence-corrected chi connectivity index (χ4v) is 6.53. The minimum absolute atomic E-state index is 0.145. The Hall–Kier alpha value is -2.42. The largest absolute Gasteiger partial charge is 0.493 e. The fraction of sp³-hybridized carbons (Fsp3) is 0.571. The molecular formula is C28H37N3O4S. The third kappa shape index (κ3) is 6.28. The van der Waals surface area contributed by atoms with Crippen molar-refractivity contribution in [1.82, 2.24) is 14.7 Å². The first kappa shape index (κ1) is 25.2. The Labute approximate surface area is 217 Å². The molecule has 1 N–H and O–H groups in total. The molecular weight excluding hydrogens is 474 g/mol. The summed E-state index contributed by atoms with van der Waals surface area (Å²) in [6, 6.07) is 10.3. The Morgan fingerprint density at radius 1 is 1.08 bits per heavy atom. The predicted octanol–water partition coefficient (Wildman–Crippen LogP) is 3.37. The van der Waals surface area contributed by atoms with E-state index in [-0.39, 0.29) is 23.7 Å². The van der Waals surface area contributed by atoms with Crippen LogP contribution in [0.1, 0.15) is 43.2 Å². The van der Waals surface area contributed by atoms with Crippen molar-refractivity contribution in [2.24, 2.45) is 11.8 Å². The van der Waals surface area contributed by atoms with Gasteiger partial charge in [-0.3, -0.25) is 14.5 Å². The number of fused-ring (bicyclic) bond motifs is 3. The Balaban J connectivity index is 1.31. The number of aliphatic hydroxyl groups excluding tert-OH is 1. The molecule has 2 bridgehead atoms. The van der Waals surface area contributed by atoms with Gasteiger partial charge in [-0.05, 0) is 66.0 Å². The van der Waals surface area contributed by atoms with Crippen LogP contribution in [0.15, 0.2) is 41.1 Å². The van der Waals surface area contributed by atoms with Crippen LogP contribution >= 0.6 is 11.3 Å².